The summed E-state index contributed by atoms with van der Waals surface area (Å²) in [6, 6.07) is 8.71. The molecule has 0 radical (unpaired) electrons. The van der Waals surface area contributed by atoms with Crippen molar-refractivity contribution < 1.29 is 45.7 Å². The van der Waals surface area contributed by atoms with Crippen molar-refractivity contribution in [1.82, 2.24) is 5.09 Å². The molecule has 12 heteroatoms. The lowest BCUT2D eigenvalue weighted by molar-refractivity contribution is -0.131. The van der Waals surface area contributed by atoms with Crippen molar-refractivity contribution in [3.63, 3.8) is 0 Å². The van der Waals surface area contributed by atoms with Gasteiger partial charge in [-0.15, -0.1) is 0 Å². The molecule has 0 aliphatic heterocycles. The fourth-order valence-corrected chi connectivity index (χ4v) is 2.10. The van der Waals surface area contributed by atoms with E-state index in [0.29, 0.717) is 12.2 Å². The van der Waals surface area contributed by atoms with Gasteiger partial charge in [0.1, 0.15) is 5.75 Å². The lowest BCUT2D eigenvalue weighted by Gasteiger charge is -2.02. The largest absolute Gasteiger partial charge is 0.663 e. The number of phenols is 1. The van der Waals surface area contributed by atoms with Crippen LogP contribution >= 0.6 is 8.18 Å². The van der Waals surface area contributed by atoms with Gasteiger partial charge in [0, 0.05) is 11.1 Å². The SMILES string of the molecule is CC(C)OC=O.CCN[P+](=O)Oc1c(F)c(F)c(F)c(F)c1F.Oc1ccccc1. The van der Waals surface area contributed by atoms with Gasteiger partial charge in [-0.25, -0.2) is 17.7 Å². The van der Waals surface area contributed by atoms with Gasteiger partial charge in [-0.3, -0.25) is 4.79 Å². The molecule has 2 aromatic carbocycles. The van der Waals surface area contributed by atoms with Crippen molar-refractivity contribution in [3.8, 4) is 11.5 Å². The Kier molecular flexibility index (Phi) is 12.9. The van der Waals surface area contributed by atoms with Crippen LogP contribution in [0.3, 0.4) is 0 Å². The molecule has 30 heavy (non-hydrogen) atoms. The second-order valence-electron chi connectivity index (χ2n) is 5.38. The first-order chi connectivity index (χ1) is 14.1. The van der Waals surface area contributed by atoms with Crippen LogP contribution in [0.5, 0.6) is 11.5 Å². The number of aromatic hydroxyl groups is 1. The van der Waals surface area contributed by atoms with E-state index in [0.717, 1.165) is 0 Å². The Labute approximate surface area is 170 Å². The summed E-state index contributed by atoms with van der Waals surface area (Å²) in [5.41, 5.74) is 0. The van der Waals surface area contributed by atoms with Crippen molar-refractivity contribution in [2.75, 3.05) is 6.54 Å². The van der Waals surface area contributed by atoms with Gasteiger partial charge in [0.05, 0.1) is 6.10 Å². The van der Waals surface area contributed by atoms with Gasteiger partial charge in [0.2, 0.25) is 29.1 Å². The Hall–Kier alpha value is -2.78. The maximum Gasteiger partial charge on any atom is 0.663 e. The monoisotopic (exact) mass is 456 g/mol. The summed E-state index contributed by atoms with van der Waals surface area (Å²) in [6.07, 6.45) is 0.0301. The van der Waals surface area contributed by atoms with Gasteiger partial charge in [-0.05, 0) is 32.9 Å². The molecule has 0 spiro atoms. The lowest BCUT2D eigenvalue weighted by Crippen LogP contribution is -2.08. The normalized spacial score (nSPS) is 10.2. The van der Waals surface area contributed by atoms with Crippen LogP contribution in [0.1, 0.15) is 20.8 Å². The van der Waals surface area contributed by atoms with E-state index in [1.54, 1.807) is 38.1 Å². The van der Waals surface area contributed by atoms with Crippen LogP contribution < -0.4 is 9.61 Å². The first kappa shape index (κ1) is 27.2. The zero-order chi connectivity index (χ0) is 23.3. The highest BCUT2D eigenvalue weighted by molar-refractivity contribution is 7.37. The minimum atomic E-state index is -2.76. The fourth-order valence-electron chi connectivity index (χ4n) is 1.45. The smallest absolute Gasteiger partial charge is 0.508 e. The molecule has 1 atom stereocenters. The summed E-state index contributed by atoms with van der Waals surface area (Å²) in [5, 5.41) is 10.7. The molecule has 0 bridgehead atoms. The highest BCUT2D eigenvalue weighted by atomic mass is 31.1. The van der Waals surface area contributed by atoms with Crippen molar-refractivity contribution in [1.29, 1.82) is 0 Å². The van der Waals surface area contributed by atoms with E-state index in [4.69, 9.17) is 5.11 Å². The Bertz CT molecular complexity index is 795. The molecular formula is C18H20F5NO5P+. The van der Waals surface area contributed by atoms with Crippen molar-refractivity contribution in [3.05, 3.63) is 59.4 Å². The fraction of sp³-hybridized carbons (Fsp3) is 0.278. The number of nitrogens with one attached hydrogen (secondary N) is 1. The van der Waals surface area contributed by atoms with E-state index in [1.165, 1.54) is 6.92 Å². The third kappa shape index (κ3) is 9.62. The standard InChI is InChI=1S/C8H6F5NO2P.C6H6O.C4H8O2/c1-2-14-17(15)16-8-6(12)4(10)3(9)5(11)7(8)13;7-6-4-2-1-3-5-6;1-4(2)6-3-5/h2H2,1H3,(H,14,15);1-5,7H;3-4H,1-2H3/q+1;;. The third-order valence-electron chi connectivity index (χ3n) is 2.71. The minimum Gasteiger partial charge on any atom is -0.508 e. The molecule has 6 nitrogen and oxygen atoms in total. The number of ether oxygens (including phenoxy) is 1. The first-order valence-corrected chi connectivity index (χ1v) is 9.47. The molecule has 2 aromatic rings. The van der Waals surface area contributed by atoms with Crippen molar-refractivity contribution in [2.45, 2.75) is 26.9 Å². The quantitative estimate of drug-likeness (QED) is 0.210. The molecule has 0 fully saturated rings. The molecule has 0 amide bonds. The molecule has 0 aromatic heterocycles. The number of halogens is 5. The van der Waals surface area contributed by atoms with Crippen LogP contribution in [0.15, 0.2) is 30.3 Å². The number of carbonyl (C=O) groups excluding carboxylic acids is 1. The zero-order valence-corrected chi connectivity index (χ0v) is 17.1. The second kappa shape index (κ2) is 14.2. The summed E-state index contributed by atoms with van der Waals surface area (Å²) < 4.78 is 83.4. The average Bonchev–Trinajstić information content (AvgIpc) is 2.70. The topological polar surface area (TPSA) is 84.9 Å². The van der Waals surface area contributed by atoms with E-state index in [-0.39, 0.29) is 12.6 Å². The first-order valence-electron chi connectivity index (χ1n) is 8.29. The Balaban J connectivity index is 0.000000528. The van der Waals surface area contributed by atoms with E-state index >= 15 is 0 Å². The molecule has 0 aliphatic rings. The molecule has 1 unspecified atom stereocenters. The maximum atomic E-state index is 13.0. The Morgan fingerprint density at radius 3 is 1.77 bits per heavy atom. The molecule has 2 N–H and O–H groups in total. The van der Waals surface area contributed by atoms with Gasteiger partial charge >= 0.3 is 8.18 Å². The predicted molar refractivity (Wildman–Crippen MR) is 98.5 cm³/mol. The Morgan fingerprint density at radius 2 is 1.47 bits per heavy atom. The van der Waals surface area contributed by atoms with E-state index < -0.39 is 43.0 Å². The van der Waals surface area contributed by atoms with Crippen molar-refractivity contribution in [2.24, 2.45) is 0 Å². The number of carbonyl (C=O) groups is 1. The van der Waals surface area contributed by atoms with Crippen molar-refractivity contribution >= 4 is 14.7 Å². The molecule has 2 rings (SSSR count). The molecule has 0 aliphatic carbocycles. The van der Waals surface area contributed by atoms with E-state index in [2.05, 4.69) is 14.3 Å². The molecule has 0 heterocycles. The lowest BCUT2D eigenvalue weighted by atomic mass is 10.3. The highest BCUT2D eigenvalue weighted by Gasteiger charge is 2.32. The zero-order valence-electron chi connectivity index (χ0n) is 16.2. The summed E-state index contributed by atoms with van der Waals surface area (Å²) >= 11 is 0. The molecular weight excluding hydrogens is 436 g/mol. The van der Waals surface area contributed by atoms with Crippen LogP contribution in [-0.4, -0.2) is 24.2 Å². The van der Waals surface area contributed by atoms with Gasteiger partial charge in [-0.2, -0.15) is 8.78 Å². The highest BCUT2D eigenvalue weighted by Crippen LogP contribution is 2.33. The van der Waals surface area contributed by atoms with Crippen LogP contribution in [0, 0.1) is 29.1 Å². The van der Waals surface area contributed by atoms with Gasteiger partial charge < -0.3 is 9.84 Å². The molecule has 0 saturated carbocycles. The number of hydrogen-bond acceptors (Lipinski definition) is 5. The van der Waals surface area contributed by atoms with Crippen LogP contribution in [-0.2, 0) is 14.1 Å². The predicted octanol–water partition coefficient (Wildman–Crippen LogP) is 4.99. The summed E-state index contributed by atoms with van der Waals surface area (Å²) in [5.74, 6) is -12.2. The summed E-state index contributed by atoms with van der Waals surface area (Å²) in [7, 11) is -2.76. The number of hydrogen-bond donors (Lipinski definition) is 2. The average molecular weight is 456 g/mol. The number of rotatable bonds is 6. The van der Waals surface area contributed by atoms with E-state index in [1.807, 2.05) is 6.07 Å². The number of phenolic OH excluding ortho intramolecular Hbond substituents is 1. The second-order valence-corrected chi connectivity index (χ2v) is 6.39. The number of para-hydroxylation sites is 1. The Morgan fingerprint density at radius 1 is 1.00 bits per heavy atom. The van der Waals surface area contributed by atoms with Gasteiger partial charge in [0.15, 0.2) is 0 Å². The van der Waals surface area contributed by atoms with Crippen LogP contribution in [0.2, 0.25) is 0 Å². The van der Waals surface area contributed by atoms with Gasteiger partial charge in [0.25, 0.3) is 12.2 Å². The van der Waals surface area contributed by atoms with Gasteiger partial charge in [-0.1, -0.05) is 23.3 Å². The van der Waals surface area contributed by atoms with E-state index in [9.17, 15) is 31.3 Å². The summed E-state index contributed by atoms with van der Waals surface area (Å²) in [4.78, 5) is 9.39. The summed E-state index contributed by atoms with van der Waals surface area (Å²) in [6.45, 7) is 5.69. The van der Waals surface area contributed by atoms with Crippen LogP contribution in [0.4, 0.5) is 22.0 Å². The minimum absolute atomic E-state index is 0.0301. The maximum absolute atomic E-state index is 13.0. The molecule has 0 saturated heterocycles. The number of benzene rings is 2. The third-order valence-corrected chi connectivity index (χ3v) is 3.64. The molecule has 166 valence electrons. The van der Waals surface area contributed by atoms with Crippen LogP contribution in [0.25, 0.3) is 0 Å².